The minimum Gasteiger partial charge on any atom is -0.478 e. The minimum atomic E-state index is -0.580. The van der Waals surface area contributed by atoms with E-state index in [9.17, 15) is 5.11 Å². The largest absolute Gasteiger partial charge is 0.478 e. The van der Waals surface area contributed by atoms with Crippen molar-refractivity contribution in [3.63, 3.8) is 0 Å². The van der Waals surface area contributed by atoms with Crippen LogP contribution in [0.3, 0.4) is 0 Å². The molecule has 3 nitrogen and oxygen atoms in total. The smallest absolute Gasteiger partial charge is 0.174 e. The number of aliphatic hydroxyl groups excluding tert-OH is 1. The zero-order valence-corrected chi connectivity index (χ0v) is 8.32. The van der Waals surface area contributed by atoms with E-state index in [1.54, 1.807) is 13.0 Å². The van der Waals surface area contributed by atoms with Crippen LogP contribution in [0.15, 0.2) is 18.2 Å². The van der Waals surface area contributed by atoms with Gasteiger partial charge in [-0.3, -0.25) is 0 Å². The van der Waals surface area contributed by atoms with Crippen LogP contribution in [0.1, 0.15) is 24.2 Å². The fourth-order valence-electron chi connectivity index (χ4n) is 1.24. The van der Waals surface area contributed by atoms with Crippen molar-refractivity contribution in [1.29, 1.82) is 5.26 Å². The number of aryl methyl sites for hydroxylation is 1. The Hall–Kier alpha value is -1.53. The van der Waals surface area contributed by atoms with Crippen molar-refractivity contribution in [3.8, 4) is 11.8 Å². The third kappa shape index (κ3) is 2.48. The lowest BCUT2D eigenvalue weighted by molar-refractivity contribution is 0.193. The van der Waals surface area contributed by atoms with Crippen molar-refractivity contribution in [3.05, 3.63) is 29.3 Å². The molecule has 0 heterocycles. The molecule has 0 aliphatic carbocycles. The van der Waals surface area contributed by atoms with Gasteiger partial charge < -0.3 is 9.84 Å². The van der Waals surface area contributed by atoms with Gasteiger partial charge in [0.1, 0.15) is 11.8 Å². The first-order valence-corrected chi connectivity index (χ1v) is 4.43. The highest BCUT2D eigenvalue weighted by atomic mass is 16.5. The second-order valence-corrected chi connectivity index (χ2v) is 3.16. The van der Waals surface area contributed by atoms with Crippen LogP contribution in [0.5, 0.6) is 5.75 Å². The number of nitrogens with zero attached hydrogens (tertiary/aromatic N) is 1. The van der Waals surface area contributed by atoms with E-state index in [1.165, 1.54) is 0 Å². The van der Waals surface area contributed by atoms with E-state index in [-0.39, 0.29) is 6.61 Å². The molecule has 14 heavy (non-hydrogen) atoms. The number of benzene rings is 1. The summed E-state index contributed by atoms with van der Waals surface area (Å²) in [7, 11) is 0. The van der Waals surface area contributed by atoms with Gasteiger partial charge in [0.15, 0.2) is 6.61 Å². The van der Waals surface area contributed by atoms with Crippen molar-refractivity contribution in [2.45, 2.75) is 20.0 Å². The quantitative estimate of drug-likeness (QED) is 0.794. The van der Waals surface area contributed by atoms with Crippen LogP contribution in [-0.4, -0.2) is 11.7 Å². The van der Waals surface area contributed by atoms with E-state index in [0.29, 0.717) is 5.75 Å². The zero-order valence-electron chi connectivity index (χ0n) is 8.32. The number of ether oxygens (including phenoxy) is 1. The molecular formula is C11H13NO2. The van der Waals surface area contributed by atoms with Gasteiger partial charge in [-0.15, -0.1) is 0 Å². The lowest BCUT2D eigenvalue weighted by Gasteiger charge is -2.12. The molecule has 74 valence electrons. The van der Waals surface area contributed by atoms with E-state index >= 15 is 0 Å². The Morgan fingerprint density at radius 2 is 2.29 bits per heavy atom. The molecule has 0 saturated heterocycles. The van der Waals surface area contributed by atoms with Gasteiger partial charge in [0.05, 0.1) is 6.10 Å². The fraction of sp³-hybridized carbons (Fsp3) is 0.364. The Morgan fingerprint density at radius 3 is 2.86 bits per heavy atom. The highest BCUT2D eigenvalue weighted by Gasteiger charge is 2.08. The topological polar surface area (TPSA) is 53.2 Å². The number of nitriles is 1. The van der Waals surface area contributed by atoms with E-state index < -0.39 is 6.10 Å². The average molecular weight is 191 g/mol. The molecule has 1 rings (SSSR count). The first-order valence-electron chi connectivity index (χ1n) is 4.43. The van der Waals surface area contributed by atoms with Gasteiger partial charge in [-0.2, -0.15) is 5.26 Å². The van der Waals surface area contributed by atoms with Gasteiger partial charge in [-0.25, -0.2) is 0 Å². The van der Waals surface area contributed by atoms with Gasteiger partial charge in [0.2, 0.25) is 0 Å². The molecule has 0 radical (unpaired) electrons. The molecule has 0 bridgehead atoms. The standard InChI is InChI=1S/C11H13NO2/c1-8-3-4-11(14-6-5-12)10(7-8)9(2)13/h3-4,7,9,13H,6H2,1-2H3/t9-/m0/s1. The number of rotatable bonds is 3. The molecule has 0 saturated carbocycles. The van der Waals surface area contributed by atoms with E-state index in [0.717, 1.165) is 11.1 Å². The predicted molar refractivity (Wildman–Crippen MR) is 52.9 cm³/mol. The van der Waals surface area contributed by atoms with Crippen molar-refractivity contribution in [2.24, 2.45) is 0 Å². The van der Waals surface area contributed by atoms with Crippen molar-refractivity contribution < 1.29 is 9.84 Å². The summed E-state index contributed by atoms with van der Waals surface area (Å²) in [6.45, 7) is 3.62. The van der Waals surface area contributed by atoms with Crippen LogP contribution < -0.4 is 4.74 Å². The lowest BCUT2D eigenvalue weighted by Crippen LogP contribution is -2.00. The predicted octanol–water partition coefficient (Wildman–Crippen LogP) is 1.95. The molecule has 0 aliphatic rings. The number of hydrogen-bond donors (Lipinski definition) is 1. The second kappa shape index (κ2) is 4.64. The summed E-state index contributed by atoms with van der Waals surface area (Å²) in [6.07, 6.45) is -0.580. The maximum absolute atomic E-state index is 9.47. The van der Waals surface area contributed by atoms with Crippen LogP contribution in [0.2, 0.25) is 0 Å². The monoisotopic (exact) mass is 191 g/mol. The van der Waals surface area contributed by atoms with Crippen molar-refractivity contribution in [1.82, 2.24) is 0 Å². The van der Waals surface area contributed by atoms with Gasteiger partial charge in [0, 0.05) is 5.56 Å². The van der Waals surface area contributed by atoms with Crippen molar-refractivity contribution in [2.75, 3.05) is 6.61 Å². The maximum atomic E-state index is 9.47. The molecule has 0 aliphatic heterocycles. The Bertz CT molecular complexity index is 353. The van der Waals surface area contributed by atoms with Crippen LogP contribution in [0.25, 0.3) is 0 Å². The second-order valence-electron chi connectivity index (χ2n) is 3.16. The van der Waals surface area contributed by atoms with E-state index in [4.69, 9.17) is 10.00 Å². The van der Waals surface area contributed by atoms with Gasteiger partial charge in [0.25, 0.3) is 0 Å². The van der Waals surface area contributed by atoms with Gasteiger partial charge >= 0.3 is 0 Å². The van der Waals surface area contributed by atoms with Crippen molar-refractivity contribution >= 4 is 0 Å². The molecule has 0 aromatic heterocycles. The van der Waals surface area contributed by atoms with Crippen LogP contribution in [-0.2, 0) is 0 Å². The highest BCUT2D eigenvalue weighted by Crippen LogP contribution is 2.25. The Labute approximate surface area is 83.6 Å². The first kappa shape index (κ1) is 10.6. The Balaban J connectivity index is 2.97. The molecule has 0 spiro atoms. The molecule has 0 unspecified atom stereocenters. The third-order valence-electron chi connectivity index (χ3n) is 1.91. The average Bonchev–Trinajstić information content (AvgIpc) is 2.15. The molecule has 0 amide bonds. The molecular weight excluding hydrogens is 178 g/mol. The summed E-state index contributed by atoms with van der Waals surface area (Å²) in [5, 5.41) is 17.8. The first-order chi connectivity index (χ1) is 6.65. The SMILES string of the molecule is Cc1ccc(OCC#N)c([C@H](C)O)c1. The van der Waals surface area contributed by atoms with Gasteiger partial charge in [-0.05, 0) is 26.0 Å². The number of hydrogen-bond acceptors (Lipinski definition) is 3. The fourth-order valence-corrected chi connectivity index (χ4v) is 1.24. The van der Waals surface area contributed by atoms with Crippen LogP contribution in [0, 0.1) is 18.3 Å². The maximum Gasteiger partial charge on any atom is 0.174 e. The summed E-state index contributed by atoms with van der Waals surface area (Å²) in [6, 6.07) is 7.41. The molecule has 1 aromatic rings. The molecule has 1 atom stereocenters. The molecule has 1 N–H and O–H groups in total. The number of aliphatic hydroxyl groups is 1. The molecule has 1 aromatic carbocycles. The zero-order chi connectivity index (χ0) is 10.6. The van der Waals surface area contributed by atoms with E-state index in [2.05, 4.69) is 0 Å². The summed E-state index contributed by atoms with van der Waals surface area (Å²) in [5.41, 5.74) is 1.78. The normalized spacial score (nSPS) is 11.9. The Morgan fingerprint density at radius 1 is 1.57 bits per heavy atom. The Kier molecular flexibility index (Phi) is 3.49. The summed E-state index contributed by atoms with van der Waals surface area (Å²) in [5.74, 6) is 0.576. The summed E-state index contributed by atoms with van der Waals surface area (Å²) in [4.78, 5) is 0. The van der Waals surface area contributed by atoms with E-state index in [1.807, 2.05) is 25.1 Å². The van der Waals surface area contributed by atoms with Gasteiger partial charge in [-0.1, -0.05) is 11.6 Å². The van der Waals surface area contributed by atoms with Crippen LogP contribution >= 0.6 is 0 Å². The highest BCUT2D eigenvalue weighted by molar-refractivity contribution is 5.38. The lowest BCUT2D eigenvalue weighted by atomic mass is 10.1. The molecule has 0 fully saturated rings. The minimum absolute atomic E-state index is 0.00276. The summed E-state index contributed by atoms with van der Waals surface area (Å²) >= 11 is 0. The summed E-state index contributed by atoms with van der Waals surface area (Å²) < 4.78 is 5.18. The van der Waals surface area contributed by atoms with Crippen LogP contribution in [0.4, 0.5) is 0 Å². The molecule has 3 heteroatoms. The third-order valence-corrected chi connectivity index (χ3v) is 1.91.